The molecule has 1 aliphatic rings. The fourth-order valence-electron chi connectivity index (χ4n) is 1.34. The number of rotatable bonds is 2. The highest BCUT2D eigenvalue weighted by Crippen LogP contribution is 2.11. The number of nitrogens with zero attached hydrogens (tertiary/aromatic N) is 2. The van der Waals surface area contributed by atoms with Crippen molar-refractivity contribution in [1.29, 1.82) is 0 Å². The minimum atomic E-state index is -0.138. The van der Waals surface area contributed by atoms with Crippen molar-refractivity contribution in [3.63, 3.8) is 0 Å². The molecular formula is C11H11N3O. The topological polar surface area (TPSA) is 44.7 Å². The van der Waals surface area contributed by atoms with E-state index in [2.05, 4.69) is 10.5 Å². The Morgan fingerprint density at radius 1 is 1.33 bits per heavy atom. The predicted octanol–water partition coefficient (Wildman–Crippen LogP) is 1.03. The number of hydrazone groups is 1. The van der Waals surface area contributed by atoms with Crippen molar-refractivity contribution in [2.45, 2.75) is 0 Å². The molecule has 0 radical (unpaired) electrons. The second-order valence-corrected chi connectivity index (χ2v) is 3.10. The van der Waals surface area contributed by atoms with Crippen LogP contribution in [0.3, 0.4) is 0 Å². The first-order chi connectivity index (χ1) is 7.31. The number of carbonyl (C=O) groups is 1. The standard InChI is InChI=1S/C11H11N3O/c1-12-14-11(15)10(8-13-14)7-9-5-3-2-4-6-9/h2-8,12H,1H3. The largest absolute Gasteiger partial charge is 0.290 e. The highest BCUT2D eigenvalue weighted by atomic mass is 16.2. The van der Waals surface area contributed by atoms with Crippen LogP contribution < -0.4 is 5.43 Å². The average molecular weight is 201 g/mol. The fourth-order valence-corrected chi connectivity index (χ4v) is 1.34. The van der Waals surface area contributed by atoms with Gasteiger partial charge in [0.25, 0.3) is 5.91 Å². The van der Waals surface area contributed by atoms with Crippen molar-refractivity contribution in [2.75, 3.05) is 7.05 Å². The molecule has 2 rings (SSSR count). The Morgan fingerprint density at radius 3 is 2.67 bits per heavy atom. The smallest absolute Gasteiger partial charge is 0.266 e. The van der Waals surface area contributed by atoms with Crippen LogP contribution in [0.5, 0.6) is 0 Å². The first-order valence-corrected chi connectivity index (χ1v) is 4.64. The van der Waals surface area contributed by atoms with E-state index < -0.39 is 0 Å². The third kappa shape index (κ3) is 1.94. The van der Waals surface area contributed by atoms with Gasteiger partial charge < -0.3 is 0 Å². The van der Waals surface area contributed by atoms with Crippen molar-refractivity contribution in [1.82, 2.24) is 10.5 Å². The van der Waals surface area contributed by atoms with E-state index in [-0.39, 0.29) is 5.91 Å². The monoisotopic (exact) mass is 201 g/mol. The van der Waals surface area contributed by atoms with Crippen molar-refractivity contribution >= 4 is 18.2 Å². The minimum absolute atomic E-state index is 0.138. The lowest BCUT2D eigenvalue weighted by Crippen LogP contribution is -2.32. The molecule has 1 aromatic carbocycles. The van der Waals surface area contributed by atoms with E-state index in [0.717, 1.165) is 5.56 Å². The van der Waals surface area contributed by atoms with E-state index in [4.69, 9.17) is 0 Å². The quantitative estimate of drug-likeness (QED) is 0.726. The Bertz CT molecular complexity index is 423. The lowest BCUT2D eigenvalue weighted by atomic mass is 10.1. The highest BCUT2D eigenvalue weighted by molar-refractivity contribution is 6.18. The molecule has 1 aliphatic heterocycles. The van der Waals surface area contributed by atoms with Crippen molar-refractivity contribution < 1.29 is 4.79 Å². The third-order valence-corrected chi connectivity index (χ3v) is 2.09. The van der Waals surface area contributed by atoms with Gasteiger partial charge >= 0.3 is 0 Å². The summed E-state index contributed by atoms with van der Waals surface area (Å²) in [5, 5.41) is 5.10. The van der Waals surface area contributed by atoms with Crippen LogP contribution in [0.4, 0.5) is 0 Å². The van der Waals surface area contributed by atoms with Crippen LogP contribution in [0.25, 0.3) is 6.08 Å². The molecule has 0 saturated heterocycles. The van der Waals surface area contributed by atoms with Gasteiger partial charge in [-0.05, 0) is 11.6 Å². The Labute approximate surface area is 87.9 Å². The van der Waals surface area contributed by atoms with Crippen LogP contribution in [0, 0.1) is 0 Å². The summed E-state index contributed by atoms with van der Waals surface area (Å²) in [6.07, 6.45) is 3.36. The molecule has 0 saturated carbocycles. The van der Waals surface area contributed by atoms with Gasteiger partial charge in [0.05, 0.1) is 11.8 Å². The SMILES string of the molecule is CNN1N=CC(=Cc2ccccc2)C1=O. The number of benzene rings is 1. The fraction of sp³-hybridized carbons (Fsp3) is 0.0909. The van der Waals surface area contributed by atoms with Crippen molar-refractivity contribution in [2.24, 2.45) is 5.10 Å². The summed E-state index contributed by atoms with van der Waals surface area (Å²) < 4.78 is 0. The number of carbonyl (C=O) groups excluding carboxylic acids is 1. The van der Waals surface area contributed by atoms with E-state index in [0.29, 0.717) is 5.57 Å². The normalized spacial score (nSPS) is 17.8. The minimum Gasteiger partial charge on any atom is -0.266 e. The summed E-state index contributed by atoms with van der Waals surface area (Å²) in [6, 6.07) is 9.68. The van der Waals surface area contributed by atoms with E-state index in [1.165, 1.54) is 5.12 Å². The first kappa shape index (κ1) is 9.61. The second-order valence-electron chi connectivity index (χ2n) is 3.10. The molecule has 0 fully saturated rings. The van der Waals surface area contributed by atoms with Gasteiger partial charge in [0.1, 0.15) is 0 Å². The zero-order valence-electron chi connectivity index (χ0n) is 8.34. The van der Waals surface area contributed by atoms with E-state index in [1.807, 2.05) is 36.4 Å². The summed E-state index contributed by atoms with van der Waals surface area (Å²) in [7, 11) is 1.65. The molecule has 15 heavy (non-hydrogen) atoms. The third-order valence-electron chi connectivity index (χ3n) is 2.09. The zero-order chi connectivity index (χ0) is 10.7. The van der Waals surface area contributed by atoms with Crippen LogP contribution in [-0.2, 0) is 4.79 Å². The summed E-state index contributed by atoms with van der Waals surface area (Å²) in [4.78, 5) is 11.6. The first-order valence-electron chi connectivity index (χ1n) is 4.64. The number of nitrogens with one attached hydrogen (secondary N) is 1. The zero-order valence-corrected chi connectivity index (χ0v) is 8.34. The van der Waals surface area contributed by atoms with Crippen LogP contribution in [0.2, 0.25) is 0 Å². The van der Waals surface area contributed by atoms with Crippen molar-refractivity contribution in [3.8, 4) is 0 Å². The van der Waals surface area contributed by atoms with Crippen LogP contribution in [-0.4, -0.2) is 24.3 Å². The Kier molecular flexibility index (Phi) is 2.60. The molecule has 76 valence electrons. The molecule has 0 spiro atoms. The predicted molar refractivity (Wildman–Crippen MR) is 58.8 cm³/mol. The summed E-state index contributed by atoms with van der Waals surface area (Å²) in [6.45, 7) is 0. The molecule has 0 aromatic heterocycles. The molecule has 0 aliphatic carbocycles. The maximum atomic E-state index is 11.6. The lowest BCUT2D eigenvalue weighted by Gasteiger charge is -2.07. The van der Waals surface area contributed by atoms with Crippen LogP contribution >= 0.6 is 0 Å². The summed E-state index contributed by atoms with van der Waals surface area (Å²) in [5.74, 6) is -0.138. The molecule has 1 heterocycles. The van der Waals surface area contributed by atoms with Crippen LogP contribution in [0.1, 0.15) is 5.56 Å². The van der Waals surface area contributed by atoms with Crippen LogP contribution in [0.15, 0.2) is 41.0 Å². The van der Waals surface area contributed by atoms with Gasteiger partial charge in [0, 0.05) is 7.05 Å². The number of hydrogen-bond donors (Lipinski definition) is 1. The second kappa shape index (κ2) is 4.06. The van der Waals surface area contributed by atoms with Gasteiger partial charge in [0.15, 0.2) is 0 Å². The Morgan fingerprint density at radius 2 is 2.07 bits per heavy atom. The number of hydrogen-bond acceptors (Lipinski definition) is 3. The molecule has 4 nitrogen and oxygen atoms in total. The summed E-state index contributed by atoms with van der Waals surface area (Å²) in [5.41, 5.74) is 4.24. The summed E-state index contributed by atoms with van der Waals surface area (Å²) >= 11 is 0. The van der Waals surface area contributed by atoms with Gasteiger partial charge in [-0.2, -0.15) is 10.2 Å². The van der Waals surface area contributed by atoms with E-state index in [9.17, 15) is 4.79 Å². The van der Waals surface area contributed by atoms with Gasteiger partial charge in [-0.15, -0.1) is 0 Å². The number of hydrazine groups is 1. The van der Waals surface area contributed by atoms with Crippen molar-refractivity contribution in [3.05, 3.63) is 41.5 Å². The van der Waals surface area contributed by atoms with E-state index >= 15 is 0 Å². The molecule has 4 heteroatoms. The molecular weight excluding hydrogens is 190 g/mol. The maximum Gasteiger partial charge on any atom is 0.290 e. The molecule has 1 amide bonds. The van der Waals surface area contributed by atoms with Gasteiger partial charge in [-0.25, -0.2) is 5.43 Å². The highest BCUT2D eigenvalue weighted by Gasteiger charge is 2.20. The maximum absolute atomic E-state index is 11.6. The molecule has 0 unspecified atom stereocenters. The van der Waals surface area contributed by atoms with E-state index in [1.54, 1.807) is 13.3 Å². The molecule has 1 aromatic rings. The Hall–Kier alpha value is -1.94. The van der Waals surface area contributed by atoms with Gasteiger partial charge in [0.2, 0.25) is 0 Å². The average Bonchev–Trinajstić information content (AvgIpc) is 2.62. The molecule has 1 N–H and O–H groups in total. The lowest BCUT2D eigenvalue weighted by molar-refractivity contribution is -0.128. The Balaban J connectivity index is 2.24. The number of amides is 1. The molecule has 0 bridgehead atoms. The molecule has 0 atom stereocenters. The van der Waals surface area contributed by atoms with Gasteiger partial charge in [-0.1, -0.05) is 30.3 Å². The van der Waals surface area contributed by atoms with Gasteiger partial charge in [-0.3, -0.25) is 4.79 Å².